The Hall–Kier alpha value is -3.70. The van der Waals surface area contributed by atoms with Crippen LogP contribution in [0.15, 0.2) is 48.0 Å². The van der Waals surface area contributed by atoms with Crippen LogP contribution in [0.4, 0.5) is 39.0 Å². The minimum absolute atomic E-state index is 0.0451. The van der Waals surface area contributed by atoms with Crippen LogP contribution in [-0.4, -0.2) is 53.2 Å². The normalized spacial score (nSPS) is 18.4. The molecule has 1 fully saturated rings. The maximum Gasteiger partial charge on any atom is 0.412 e. The number of non-ortho nitro benzene ring substituents is 1. The molecule has 190 valence electrons. The van der Waals surface area contributed by atoms with Crippen molar-refractivity contribution in [2.24, 2.45) is 0 Å². The maximum atomic E-state index is 13.5. The second kappa shape index (κ2) is 8.75. The minimum Gasteiger partial charge on any atom is -0.371 e. The van der Waals surface area contributed by atoms with Gasteiger partial charge in [0.05, 0.1) is 21.6 Å². The molecule has 0 atom stereocenters. The molecule has 0 spiro atoms. The number of fused-ring (bicyclic) bond motifs is 1. The van der Waals surface area contributed by atoms with Crippen molar-refractivity contribution >= 4 is 28.1 Å². The number of rotatable bonds is 4. The van der Waals surface area contributed by atoms with E-state index in [0.29, 0.717) is 28.1 Å². The van der Waals surface area contributed by atoms with Gasteiger partial charge in [0.2, 0.25) is 0 Å². The van der Waals surface area contributed by atoms with E-state index in [-0.39, 0.29) is 51.1 Å². The summed E-state index contributed by atoms with van der Waals surface area (Å²) in [6.07, 6.45) is -3.97. The number of halogens is 5. The Bertz CT molecular complexity index is 1340. The Balaban J connectivity index is 1.48. The number of hydrogen-bond acceptors (Lipinski definition) is 5. The minimum atomic E-state index is -4.40. The number of aromatic nitrogens is 2. The predicted molar refractivity (Wildman–Crippen MR) is 126 cm³/mol. The van der Waals surface area contributed by atoms with Crippen LogP contribution in [0, 0.1) is 10.1 Å². The van der Waals surface area contributed by atoms with E-state index in [1.54, 1.807) is 17.0 Å². The summed E-state index contributed by atoms with van der Waals surface area (Å²) >= 11 is 0. The van der Waals surface area contributed by atoms with Gasteiger partial charge in [-0.2, -0.15) is 13.2 Å². The first-order valence-corrected chi connectivity index (χ1v) is 11.4. The number of nitrogens with one attached hydrogen (secondary N) is 1. The number of benzene rings is 2. The molecule has 3 heterocycles. The summed E-state index contributed by atoms with van der Waals surface area (Å²) in [5.74, 6) is -2.25. The maximum absolute atomic E-state index is 13.5. The van der Waals surface area contributed by atoms with Crippen molar-refractivity contribution in [1.82, 2.24) is 9.97 Å². The van der Waals surface area contributed by atoms with E-state index in [2.05, 4.69) is 9.97 Å². The van der Waals surface area contributed by atoms with Crippen molar-refractivity contribution in [3.63, 3.8) is 0 Å². The highest BCUT2D eigenvalue weighted by Crippen LogP contribution is 2.38. The standard InChI is InChI=1S/C24H22F5N5O2/c25-23(26)7-11-32(12-8-23)16-2-4-19-20(13-16)31-22(30-19)18-3-1-17(34(35)36)14-21(18)33-9-5-15(6-10-33)24(27,28)29/h1-5,13-14H,6-12H2,(H,30,31). The van der Waals surface area contributed by atoms with Gasteiger partial charge in [0.15, 0.2) is 0 Å². The zero-order chi connectivity index (χ0) is 25.7. The molecule has 7 nitrogen and oxygen atoms in total. The molecule has 2 aliphatic heterocycles. The SMILES string of the molecule is O=[N+]([O-])c1ccc(-c2nc3ccc(N4CCC(F)(F)CC4)cc3[nH]2)c(N2CC=C(C(F)(F)F)CC2)c1. The fourth-order valence-electron chi connectivity index (χ4n) is 4.65. The summed E-state index contributed by atoms with van der Waals surface area (Å²) in [5, 5.41) is 11.4. The van der Waals surface area contributed by atoms with Crippen LogP contribution in [0.2, 0.25) is 0 Å². The summed E-state index contributed by atoms with van der Waals surface area (Å²) in [5.41, 5.74) is 2.16. The van der Waals surface area contributed by atoms with Gasteiger partial charge in [-0.05, 0) is 30.7 Å². The van der Waals surface area contributed by atoms with Gasteiger partial charge in [0.1, 0.15) is 5.82 Å². The van der Waals surface area contributed by atoms with Crippen molar-refractivity contribution in [2.45, 2.75) is 31.4 Å². The molecule has 0 amide bonds. The van der Waals surface area contributed by atoms with Gasteiger partial charge in [-0.15, -0.1) is 0 Å². The van der Waals surface area contributed by atoms with E-state index in [1.807, 2.05) is 11.0 Å². The lowest BCUT2D eigenvalue weighted by molar-refractivity contribution is -0.384. The van der Waals surface area contributed by atoms with E-state index in [4.69, 9.17) is 0 Å². The van der Waals surface area contributed by atoms with Crippen LogP contribution in [0.3, 0.4) is 0 Å². The van der Waals surface area contributed by atoms with Gasteiger partial charge in [-0.3, -0.25) is 10.1 Å². The fourth-order valence-corrected chi connectivity index (χ4v) is 4.65. The second-order valence-corrected chi connectivity index (χ2v) is 9.01. The third kappa shape index (κ3) is 4.71. The molecule has 12 heteroatoms. The number of piperidine rings is 1. The highest BCUT2D eigenvalue weighted by molar-refractivity contribution is 5.86. The number of nitro benzene ring substituents is 1. The lowest BCUT2D eigenvalue weighted by Gasteiger charge is -2.33. The molecule has 5 rings (SSSR count). The molecular formula is C24H22F5N5O2. The Morgan fingerprint density at radius 1 is 1.03 bits per heavy atom. The molecule has 2 aromatic carbocycles. The summed E-state index contributed by atoms with van der Waals surface area (Å²) in [4.78, 5) is 22.2. The second-order valence-electron chi connectivity index (χ2n) is 9.01. The number of aromatic amines is 1. The van der Waals surface area contributed by atoms with E-state index < -0.39 is 22.6 Å². The molecule has 1 N–H and O–H groups in total. The number of hydrogen-bond donors (Lipinski definition) is 1. The van der Waals surface area contributed by atoms with Crippen molar-refractivity contribution in [3.05, 3.63) is 58.2 Å². The first-order chi connectivity index (χ1) is 17.0. The van der Waals surface area contributed by atoms with Crippen LogP contribution < -0.4 is 9.80 Å². The third-order valence-corrected chi connectivity index (χ3v) is 6.69. The quantitative estimate of drug-likeness (QED) is 0.201. The molecule has 1 saturated heterocycles. The Kier molecular flexibility index (Phi) is 5.84. The monoisotopic (exact) mass is 507 g/mol. The lowest BCUT2D eigenvalue weighted by atomic mass is 10.0. The first-order valence-electron chi connectivity index (χ1n) is 11.4. The van der Waals surface area contributed by atoms with Gasteiger partial charge in [0, 0.05) is 68.0 Å². The smallest absolute Gasteiger partial charge is 0.371 e. The number of nitrogens with zero attached hydrogens (tertiary/aromatic N) is 4. The molecule has 0 aliphatic carbocycles. The molecule has 36 heavy (non-hydrogen) atoms. The van der Waals surface area contributed by atoms with Gasteiger partial charge in [-0.25, -0.2) is 13.8 Å². The molecule has 1 aromatic heterocycles. The molecular weight excluding hydrogens is 485 g/mol. The van der Waals surface area contributed by atoms with Crippen LogP contribution >= 0.6 is 0 Å². The van der Waals surface area contributed by atoms with E-state index >= 15 is 0 Å². The van der Waals surface area contributed by atoms with Crippen molar-refractivity contribution in [1.29, 1.82) is 0 Å². The van der Waals surface area contributed by atoms with E-state index in [0.717, 1.165) is 11.8 Å². The number of anilines is 2. The fraction of sp³-hybridized carbons (Fsp3) is 0.375. The molecule has 0 unspecified atom stereocenters. The Morgan fingerprint density at radius 3 is 2.42 bits per heavy atom. The van der Waals surface area contributed by atoms with Crippen molar-refractivity contribution in [2.75, 3.05) is 36.0 Å². The van der Waals surface area contributed by atoms with Crippen LogP contribution in [0.25, 0.3) is 22.4 Å². The number of imidazole rings is 1. The van der Waals surface area contributed by atoms with Gasteiger partial charge >= 0.3 is 6.18 Å². The topological polar surface area (TPSA) is 78.3 Å². The van der Waals surface area contributed by atoms with Gasteiger partial charge < -0.3 is 14.8 Å². The third-order valence-electron chi connectivity index (χ3n) is 6.69. The van der Waals surface area contributed by atoms with Gasteiger partial charge in [-0.1, -0.05) is 6.08 Å². The average Bonchev–Trinajstić information content (AvgIpc) is 3.26. The van der Waals surface area contributed by atoms with Crippen LogP contribution in [0.1, 0.15) is 19.3 Å². The molecule has 0 bridgehead atoms. The van der Waals surface area contributed by atoms with Crippen molar-refractivity contribution in [3.8, 4) is 11.4 Å². The highest BCUT2D eigenvalue weighted by Gasteiger charge is 2.36. The number of H-pyrrole nitrogens is 1. The van der Waals surface area contributed by atoms with Crippen molar-refractivity contribution < 1.29 is 26.9 Å². The summed E-state index contributed by atoms with van der Waals surface area (Å²) in [6.45, 7) is 0.458. The van der Waals surface area contributed by atoms with E-state index in [1.165, 1.54) is 18.2 Å². The first kappa shape index (κ1) is 24.0. The summed E-state index contributed by atoms with van der Waals surface area (Å²) in [7, 11) is 0. The van der Waals surface area contributed by atoms with Crippen LogP contribution in [-0.2, 0) is 0 Å². The molecule has 3 aromatic rings. The average molecular weight is 507 g/mol. The number of nitro groups is 1. The largest absolute Gasteiger partial charge is 0.412 e. The zero-order valence-electron chi connectivity index (χ0n) is 19.0. The number of alkyl halides is 5. The highest BCUT2D eigenvalue weighted by atomic mass is 19.4. The van der Waals surface area contributed by atoms with Gasteiger partial charge in [0.25, 0.3) is 11.6 Å². The molecule has 2 aliphatic rings. The van der Waals surface area contributed by atoms with E-state index in [9.17, 15) is 32.1 Å². The predicted octanol–water partition coefficient (Wildman–Crippen LogP) is 6.07. The molecule has 0 saturated carbocycles. The summed E-state index contributed by atoms with van der Waals surface area (Å²) < 4.78 is 66.3. The zero-order valence-corrected chi connectivity index (χ0v) is 19.0. The Labute approximate surface area is 202 Å². The molecule has 0 radical (unpaired) electrons. The summed E-state index contributed by atoms with van der Waals surface area (Å²) in [6, 6.07) is 9.59. The Morgan fingerprint density at radius 2 is 1.78 bits per heavy atom. The van der Waals surface area contributed by atoms with Crippen LogP contribution in [0.5, 0.6) is 0 Å². The lowest BCUT2D eigenvalue weighted by Crippen LogP contribution is -2.39.